The molecule has 21 heavy (non-hydrogen) atoms. The first-order valence-corrected chi connectivity index (χ1v) is 7.85. The van der Waals surface area contributed by atoms with Gasteiger partial charge < -0.3 is 9.84 Å². The van der Waals surface area contributed by atoms with Gasteiger partial charge in [-0.15, -0.1) is 0 Å². The summed E-state index contributed by atoms with van der Waals surface area (Å²) in [5.74, 6) is 0. The van der Waals surface area contributed by atoms with Crippen LogP contribution in [0.4, 0.5) is 5.69 Å². The Labute approximate surface area is 124 Å². The molecule has 0 bridgehead atoms. The highest BCUT2D eigenvalue weighted by atomic mass is 32.2. The fourth-order valence-corrected chi connectivity index (χ4v) is 3.33. The van der Waals surface area contributed by atoms with Crippen LogP contribution in [0, 0.1) is 0 Å². The van der Waals surface area contributed by atoms with Crippen LogP contribution in [0.2, 0.25) is 0 Å². The summed E-state index contributed by atoms with van der Waals surface area (Å²) in [5, 5.41) is 9.27. The van der Waals surface area contributed by atoms with Crippen LogP contribution in [-0.2, 0) is 28.0 Å². The molecule has 0 aliphatic carbocycles. The molecule has 6 heteroatoms. The fourth-order valence-electron chi connectivity index (χ4n) is 2.00. The molecular weight excluding hydrogens is 290 g/mol. The Hall–Kier alpha value is -1.89. The van der Waals surface area contributed by atoms with Crippen LogP contribution in [0.15, 0.2) is 53.4 Å². The van der Waals surface area contributed by atoms with Gasteiger partial charge in [0.2, 0.25) is 0 Å². The predicted molar refractivity (Wildman–Crippen MR) is 80.3 cm³/mol. The van der Waals surface area contributed by atoms with E-state index >= 15 is 0 Å². The molecule has 0 heterocycles. The summed E-state index contributed by atoms with van der Waals surface area (Å²) in [6.07, 6.45) is 0. The number of anilines is 1. The van der Waals surface area contributed by atoms with Crippen molar-refractivity contribution in [2.24, 2.45) is 0 Å². The van der Waals surface area contributed by atoms with Crippen molar-refractivity contribution in [3.8, 4) is 0 Å². The van der Waals surface area contributed by atoms with E-state index in [1.165, 1.54) is 6.07 Å². The number of benzene rings is 2. The van der Waals surface area contributed by atoms with Gasteiger partial charge in [-0.25, -0.2) is 8.42 Å². The number of aliphatic hydroxyl groups excluding tert-OH is 1. The first-order valence-electron chi connectivity index (χ1n) is 6.37. The lowest BCUT2D eigenvalue weighted by Crippen LogP contribution is -2.16. The molecule has 0 saturated heterocycles. The maximum atomic E-state index is 12.5. The molecule has 2 aromatic rings. The summed E-state index contributed by atoms with van der Waals surface area (Å²) in [4.78, 5) is 0.0692. The van der Waals surface area contributed by atoms with Gasteiger partial charge in [-0.05, 0) is 17.7 Å². The zero-order chi connectivity index (χ0) is 15.3. The van der Waals surface area contributed by atoms with E-state index in [-0.39, 0.29) is 11.5 Å². The van der Waals surface area contributed by atoms with Crippen LogP contribution >= 0.6 is 0 Å². The molecular formula is C15H17NO4S. The van der Waals surface area contributed by atoms with Crippen molar-refractivity contribution in [1.82, 2.24) is 0 Å². The second-order valence-electron chi connectivity index (χ2n) is 4.46. The molecule has 2 N–H and O–H groups in total. The Morgan fingerprint density at radius 1 is 1.05 bits per heavy atom. The monoisotopic (exact) mass is 307 g/mol. The lowest BCUT2D eigenvalue weighted by molar-refractivity contribution is 0.185. The molecule has 0 amide bonds. The van der Waals surface area contributed by atoms with Crippen LogP contribution in [-0.4, -0.2) is 20.6 Å². The van der Waals surface area contributed by atoms with Crippen molar-refractivity contribution < 1.29 is 18.3 Å². The standard InChI is InChI=1S/C15H17NO4S/c1-20-11-13-7-2-4-8-14(13)16-21(18,19)15-9-5-3-6-12(15)10-17/h2-9,16-17H,10-11H2,1H3. The maximum absolute atomic E-state index is 12.5. The third-order valence-electron chi connectivity index (χ3n) is 2.99. The minimum atomic E-state index is -3.76. The number of sulfonamides is 1. The number of ether oxygens (including phenoxy) is 1. The van der Waals surface area contributed by atoms with Gasteiger partial charge in [-0.2, -0.15) is 0 Å². The minimum absolute atomic E-state index is 0.0692. The largest absolute Gasteiger partial charge is 0.392 e. The first-order chi connectivity index (χ1) is 10.1. The molecule has 0 radical (unpaired) electrons. The van der Waals surface area contributed by atoms with Gasteiger partial charge >= 0.3 is 0 Å². The molecule has 0 fully saturated rings. The van der Waals surface area contributed by atoms with Crippen molar-refractivity contribution in [2.75, 3.05) is 11.8 Å². The summed E-state index contributed by atoms with van der Waals surface area (Å²) in [6, 6.07) is 13.4. The topological polar surface area (TPSA) is 75.6 Å². The van der Waals surface area contributed by atoms with E-state index in [0.717, 1.165) is 5.56 Å². The van der Waals surface area contributed by atoms with E-state index in [2.05, 4.69) is 4.72 Å². The van der Waals surface area contributed by atoms with Crippen molar-refractivity contribution in [3.63, 3.8) is 0 Å². The predicted octanol–water partition coefficient (Wildman–Crippen LogP) is 2.13. The van der Waals surface area contributed by atoms with E-state index in [4.69, 9.17) is 4.74 Å². The Bertz CT molecular complexity index is 713. The van der Waals surface area contributed by atoms with E-state index in [1.807, 2.05) is 6.07 Å². The number of para-hydroxylation sites is 1. The van der Waals surface area contributed by atoms with Gasteiger partial charge in [0.25, 0.3) is 10.0 Å². The smallest absolute Gasteiger partial charge is 0.262 e. The molecule has 0 aliphatic heterocycles. The average Bonchev–Trinajstić information content (AvgIpc) is 2.49. The highest BCUT2D eigenvalue weighted by Gasteiger charge is 2.18. The van der Waals surface area contributed by atoms with E-state index in [1.54, 1.807) is 43.5 Å². The maximum Gasteiger partial charge on any atom is 0.262 e. The summed E-state index contributed by atoms with van der Waals surface area (Å²) < 4.78 is 32.6. The zero-order valence-electron chi connectivity index (χ0n) is 11.6. The number of aliphatic hydroxyl groups is 1. The molecule has 0 saturated carbocycles. The molecule has 0 aliphatic rings. The Morgan fingerprint density at radius 3 is 2.33 bits per heavy atom. The minimum Gasteiger partial charge on any atom is -0.392 e. The summed E-state index contributed by atoms with van der Waals surface area (Å²) in [6.45, 7) is -0.0306. The van der Waals surface area contributed by atoms with E-state index < -0.39 is 10.0 Å². The Kier molecular flexibility index (Phi) is 4.95. The van der Waals surface area contributed by atoms with Crippen molar-refractivity contribution in [2.45, 2.75) is 18.1 Å². The first kappa shape index (κ1) is 15.5. The van der Waals surface area contributed by atoms with E-state index in [9.17, 15) is 13.5 Å². The van der Waals surface area contributed by atoms with Crippen molar-refractivity contribution in [3.05, 3.63) is 59.7 Å². The van der Waals surface area contributed by atoms with Gasteiger partial charge in [0.1, 0.15) is 0 Å². The SMILES string of the molecule is COCc1ccccc1NS(=O)(=O)c1ccccc1CO. The summed E-state index contributed by atoms with van der Waals surface area (Å²) >= 11 is 0. The van der Waals surface area contributed by atoms with E-state index in [0.29, 0.717) is 17.9 Å². The van der Waals surface area contributed by atoms with Gasteiger partial charge in [0.05, 0.1) is 23.8 Å². The van der Waals surface area contributed by atoms with Gasteiger partial charge in [-0.1, -0.05) is 36.4 Å². The third kappa shape index (κ3) is 3.60. The summed E-state index contributed by atoms with van der Waals surface area (Å²) in [5.41, 5.74) is 1.56. The molecule has 0 aromatic heterocycles. The van der Waals surface area contributed by atoms with Crippen LogP contribution in [0.25, 0.3) is 0 Å². The molecule has 0 unspecified atom stereocenters. The molecule has 0 spiro atoms. The van der Waals surface area contributed by atoms with Crippen molar-refractivity contribution in [1.29, 1.82) is 0 Å². The second-order valence-corrected chi connectivity index (χ2v) is 6.11. The molecule has 0 atom stereocenters. The molecule has 2 rings (SSSR count). The van der Waals surface area contributed by atoms with Gasteiger partial charge in [-0.3, -0.25) is 4.72 Å². The molecule has 5 nitrogen and oxygen atoms in total. The number of methoxy groups -OCH3 is 1. The molecule has 2 aromatic carbocycles. The third-order valence-corrected chi connectivity index (χ3v) is 4.46. The van der Waals surface area contributed by atoms with Crippen LogP contribution in [0.5, 0.6) is 0 Å². The number of nitrogens with one attached hydrogen (secondary N) is 1. The van der Waals surface area contributed by atoms with Crippen LogP contribution in [0.3, 0.4) is 0 Å². The fraction of sp³-hybridized carbons (Fsp3) is 0.200. The zero-order valence-corrected chi connectivity index (χ0v) is 12.4. The lowest BCUT2D eigenvalue weighted by Gasteiger charge is -2.14. The normalized spacial score (nSPS) is 11.3. The number of rotatable bonds is 6. The highest BCUT2D eigenvalue weighted by molar-refractivity contribution is 7.92. The summed E-state index contributed by atoms with van der Waals surface area (Å²) in [7, 11) is -2.21. The van der Waals surface area contributed by atoms with Crippen LogP contribution in [0.1, 0.15) is 11.1 Å². The average molecular weight is 307 g/mol. The second kappa shape index (κ2) is 6.71. The van der Waals surface area contributed by atoms with Crippen molar-refractivity contribution >= 4 is 15.7 Å². The number of hydrogen-bond acceptors (Lipinski definition) is 4. The Balaban J connectivity index is 2.38. The Morgan fingerprint density at radius 2 is 1.67 bits per heavy atom. The lowest BCUT2D eigenvalue weighted by atomic mass is 10.2. The number of hydrogen-bond donors (Lipinski definition) is 2. The van der Waals surface area contributed by atoms with Crippen LogP contribution < -0.4 is 4.72 Å². The quantitative estimate of drug-likeness (QED) is 0.857. The highest BCUT2D eigenvalue weighted by Crippen LogP contribution is 2.22. The van der Waals surface area contributed by atoms with Gasteiger partial charge in [0, 0.05) is 12.7 Å². The molecule has 112 valence electrons. The van der Waals surface area contributed by atoms with Gasteiger partial charge in [0.15, 0.2) is 0 Å².